The summed E-state index contributed by atoms with van der Waals surface area (Å²) < 4.78 is 36.6. The normalized spacial score (nSPS) is 19.8. The molecule has 1 aromatic carbocycles. The predicted molar refractivity (Wildman–Crippen MR) is 137 cm³/mol. The van der Waals surface area contributed by atoms with Crippen LogP contribution in [-0.4, -0.2) is 54.5 Å². The highest BCUT2D eigenvalue weighted by Gasteiger charge is 2.28. The highest BCUT2D eigenvalue weighted by Crippen LogP contribution is 2.34. The maximum atomic E-state index is 15.3. The van der Waals surface area contributed by atoms with Gasteiger partial charge >= 0.3 is 0 Å². The van der Waals surface area contributed by atoms with Gasteiger partial charge in [-0.2, -0.15) is 0 Å². The fourth-order valence-electron chi connectivity index (χ4n) is 4.45. The van der Waals surface area contributed by atoms with Gasteiger partial charge in [0.2, 0.25) is 5.91 Å². The number of benzene rings is 1. The molecular formula is C28H35F2N3O3. The molecule has 2 heterocycles. The summed E-state index contributed by atoms with van der Waals surface area (Å²) >= 11 is 0. The SMILES string of the molecule is CCC/C=C1\C=C(C)C=CN1/C(CC1CN(C(C)=O)CCO1)=C(\C)c1c(F)cc(C(=O)NC)cc1F. The first kappa shape index (κ1) is 27.3. The molecule has 1 unspecified atom stereocenters. The van der Waals surface area contributed by atoms with Gasteiger partial charge in [0.1, 0.15) is 11.6 Å². The number of unbranched alkanes of at least 4 members (excludes halogenated alkanes) is 1. The van der Waals surface area contributed by atoms with Gasteiger partial charge in [0.05, 0.1) is 18.3 Å². The lowest BCUT2D eigenvalue weighted by molar-refractivity contribution is -0.136. The van der Waals surface area contributed by atoms with E-state index in [1.54, 1.807) is 11.8 Å². The maximum absolute atomic E-state index is 15.3. The molecule has 0 saturated carbocycles. The number of hydrogen-bond acceptors (Lipinski definition) is 4. The van der Waals surface area contributed by atoms with E-state index in [1.807, 2.05) is 30.2 Å². The van der Waals surface area contributed by atoms with E-state index in [0.717, 1.165) is 36.2 Å². The van der Waals surface area contributed by atoms with Crippen molar-refractivity contribution < 1.29 is 23.1 Å². The molecule has 36 heavy (non-hydrogen) atoms. The minimum atomic E-state index is -0.815. The van der Waals surface area contributed by atoms with Gasteiger partial charge in [-0.05, 0) is 55.7 Å². The lowest BCUT2D eigenvalue weighted by Gasteiger charge is -2.36. The van der Waals surface area contributed by atoms with Gasteiger partial charge in [0.25, 0.3) is 5.91 Å². The third-order valence-corrected chi connectivity index (χ3v) is 6.42. The zero-order valence-corrected chi connectivity index (χ0v) is 21.7. The van der Waals surface area contributed by atoms with E-state index in [4.69, 9.17) is 4.74 Å². The Morgan fingerprint density at radius 1 is 1.22 bits per heavy atom. The van der Waals surface area contributed by atoms with Crippen molar-refractivity contribution in [2.24, 2.45) is 0 Å². The van der Waals surface area contributed by atoms with Crippen LogP contribution in [0.4, 0.5) is 8.78 Å². The van der Waals surface area contributed by atoms with Gasteiger partial charge in [-0.1, -0.05) is 19.4 Å². The van der Waals surface area contributed by atoms with E-state index in [1.165, 1.54) is 14.0 Å². The number of morpholine rings is 1. The second-order valence-electron chi connectivity index (χ2n) is 9.12. The summed E-state index contributed by atoms with van der Waals surface area (Å²) in [5.74, 6) is -2.23. The molecule has 0 spiro atoms. The van der Waals surface area contributed by atoms with Crippen molar-refractivity contribution in [1.82, 2.24) is 15.1 Å². The molecule has 2 amide bonds. The fourth-order valence-corrected chi connectivity index (χ4v) is 4.45. The van der Waals surface area contributed by atoms with Crippen molar-refractivity contribution in [2.75, 3.05) is 26.7 Å². The third kappa shape index (κ3) is 6.29. The molecule has 6 nitrogen and oxygen atoms in total. The van der Waals surface area contributed by atoms with Crippen LogP contribution in [0.3, 0.4) is 0 Å². The summed E-state index contributed by atoms with van der Waals surface area (Å²) in [7, 11) is 1.41. The molecule has 1 saturated heterocycles. The maximum Gasteiger partial charge on any atom is 0.251 e. The Bertz CT molecular complexity index is 1110. The van der Waals surface area contributed by atoms with Gasteiger partial charge in [0, 0.05) is 56.6 Å². The lowest BCUT2D eigenvalue weighted by atomic mass is 9.96. The molecule has 194 valence electrons. The summed E-state index contributed by atoms with van der Waals surface area (Å²) in [6.07, 6.45) is 9.78. The van der Waals surface area contributed by atoms with E-state index in [-0.39, 0.29) is 23.1 Å². The molecule has 0 bridgehead atoms. The van der Waals surface area contributed by atoms with E-state index < -0.39 is 17.5 Å². The Morgan fingerprint density at radius 3 is 2.53 bits per heavy atom. The molecule has 0 aromatic heterocycles. The first-order valence-electron chi connectivity index (χ1n) is 12.3. The van der Waals surface area contributed by atoms with Gasteiger partial charge in [-0.15, -0.1) is 0 Å². The topological polar surface area (TPSA) is 61.9 Å². The number of hydrogen-bond donors (Lipinski definition) is 1. The third-order valence-electron chi connectivity index (χ3n) is 6.42. The summed E-state index contributed by atoms with van der Waals surface area (Å²) in [6.45, 7) is 8.59. The summed E-state index contributed by atoms with van der Waals surface area (Å²) in [6, 6.07) is 2.10. The zero-order chi connectivity index (χ0) is 26.4. The molecule has 1 aromatic rings. The highest BCUT2D eigenvalue weighted by molar-refractivity contribution is 5.94. The smallest absolute Gasteiger partial charge is 0.251 e. The number of amides is 2. The number of ether oxygens (including phenoxy) is 1. The number of halogens is 2. The number of carbonyl (C=O) groups excluding carboxylic acids is 2. The second-order valence-corrected chi connectivity index (χ2v) is 9.12. The molecule has 2 aliphatic rings. The average molecular weight is 500 g/mol. The molecule has 0 radical (unpaired) electrons. The Labute approximate surface area is 212 Å². The van der Waals surface area contributed by atoms with Crippen LogP contribution in [0.1, 0.15) is 62.9 Å². The number of rotatable bonds is 7. The number of carbonyl (C=O) groups is 2. The van der Waals surface area contributed by atoms with Crippen LogP contribution >= 0.6 is 0 Å². The molecule has 3 rings (SSSR count). The Hall–Kier alpha value is -3.26. The molecular weight excluding hydrogens is 464 g/mol. The van der Waals surface area contributed by atoms with Crippen LogP contribution in [0.15, 0.2) is 53.5 Å². The van der Waals surface area contributed by atoms with Crippen molar-refractivity contribution >= 4 is 17.4 Å². The van der Waals surface area contributed by atoms with Crippen molar-refractivity contribution in [3.05, 3.63) is 76.3 Å². The van der Waals surface area contributed by atoms with E-state index >= 15 is 8.78 Å². The van der Waals surface area contributed by atoms with Crippen LogP contribution in [0, 0.1) is 11.6 Å². The average Bonchev–Trinajstić information content (AvgIpc) is 2.85. The summed E-state index contributed by atoms with van der Waals surface area (Å²) in [5.41, 5.74) is 2.77. The van der Waals surface area contributed by atoms with Crippen molar-refractivity contribution in [2.45, 2.75) is 53.1 Å². The standard InChI is InChI=1S/C28H35F2N3O3/c1-6-7-8-22-13-18(2)9-10-33(22)26(16-23-17-32(20(4)34)11-12-36-23)19(3)27-24(29)14-21(15-25(27)30)28(35)31-5/h8-10,13-15,23H,6-7,11-12,16-17H2,1-5H3,(H,31,35)/b22-8+,26-19+. The van der Waals surface area contributed by atoms with Gasteiger partial charge < -0.3 is 19.9 Å². The van der Waals surface area contributed by atoms with Crippen molar-refractivity contribution in [1.29, 1.82) is 0 Å². The van der Waals surface area contributed by atoms with Crippen molar-refractivity contribution in [3.8, 4) is 0 Å². The second kappa shape index (κ2) is 12.1. The summed E-state index contributed by atoms with van der Waals surface area (Å²) in [4.78, 5) is 27.6. The molecule has 2 aliphatic heterocycles. The minimum absolute atomic E-state index is 0.0348. The number of allylic oxidation sites excluding steroid dienone is 5. The fraction of sp³-hybridized carbons (Fsp3) is 0.429. The van der Waals surface area contributed by atoms with Crippen LogP contribution < -0.4 is 5.32 Å². The Kier molecular flexibility index (Phi) is 9.20. The van der Waals surface area contributed by atoms with Crippen LogP contribution in [0.2, 0.25) is 0 Å². The van der Waals surface area contributed by atoms with E-state index in [2.05, 4.69) is 18.3 Å². The van der Waals surface area contributed by atoms with E-state index in [0.29, 0.717) is 37.4 Å². The largest absolute Gasteiger partial charge is 0.374 e. The molecule has 8 heteroatoms. The quantitative estimate of drug-likeness (QED) is 0.564. The highest BCUT2D eigenvalue weighted by atomic mass is 19.1. The molecule has 1 N–H and O–H groups in total. The lowest BCUT2D eigenvalue weighted by Crippen LogP contribution is -2.45. The van der Waals surface area contributed by atoms with Crippen LogP contribution in [-0.2, 0) is 9.53 Å². The van der Waals surface area contributed by atoms with E-state index in [9.17, 15) is 9.59 Å². The van der Waals surface area contributed by atoms with Crippen molar-refractivity contribution in [3.63, 3.8) is 0 Å². The van der Waals surface area contributed by atoms with Crippen LogP contribution in [0.25, 0.3) is 5.57 Å². The summed E-state index contributed by atoms with van der Waals surface area (Å²) in [5, 5.41) is 2.39. The Morgan fingerprint density at radius 2 is 1.92 bits per heavy atom. The van der Waals surface area contributed by atoms with Gasteiger partial charge in [-0.25, -0.2) is 8.78 Å². The molecule has 1 atom stereocenters. The molecule has 1 fully saturated rings. The first-order chi connectivity index (χ1) is 17.2. The molecule has 0 aliphatic carbocycles. The first-order valence-corrected chi connectivity index (χ1v) is 12.3. The van der Waals surface area contributed by atoms with Gasteiger partial charge in [0.15, 0.2) is 0 Å². The zero-order valence-electron chi connectivity index (χ0n) is 21.7. The van der Waals surface area contributed by atoms with Crippen LogP contribution in [0.5, 0.6) is 0 Å². The Balaban J connectivity index is 2.12. The monoisotopic (exact) mass is 499 g/mol. The minimum Gasteiger partial charge on any atom is -0.374 e. The van der Waals surface area contributed by atoms with Gasteiger partial charge in [-0.3, -0.25) is 9.59 Å². The number of nitrogens with zero attached hydrogens (tertiary/aromatic N) is 2. The predicted octanol–water partition coefficient (Wildman–Crippen LogP) is 5.15. The number of nitrogens with one attached hydrogen (secondary N) is 1.